The lowest BCUT2D eigenvalue weighted by atomic mass is 9.80. The first-order valence-electron chi connectivity index (χ1n) is 13.2. The van der Waals surface area contributed by atoms with Crippen molar-refractivity contribution < 1.29 is 31.9 Å². The predicted molar refractivity (Wildman–Crippen MR) is 132 cm³/mol. The van der Waals surface area contributed by atoms with Gasteiger partial charge in [-0.05, 0) is 57.1 Å². The van der Waals surface area contributed by atoms with Crippen LogP contribution < -0.4 is 5.32 Å². The highest BCUT2D eigenvalue weighted by Gasteiger charge is 2.54. The molecule has 1 aliphatic heterocycles. The van der Waals surface area contributed by atoms with Gasteiger partial charge in [-0.25, -0.2) is 4.39 Å². The van der Waals surface area contributed by atoms with Crippen LogP contribution in [0.4, 0.5) is 17.6 Å². The van der Waals surface area contributed by atoms with Gasteiger partial charge in [-0.2, -0.15) is 13.2 Å². The van der Waals surface area contributed by atoms with E-state index < -0.39 is 41.2 Å². The SMILES string of the molecule is CC(C)C(=O)C(NC(=O)c1cccc(C2CCCN(C(=O)C(C)(C)C(F)(F)F)C2)c1F)C1CCCCC1. The molecule has 9 heteroatoms. The monoisotopic (exact) mass is 526 g/mol. The molecule has 1 N–H and O–H groups in total. The minimum atomic E-state index is -4.71. The minimum absolute atomic E-state index is 0.00810. The Balaban J connectivity index is 1.81. The van der Waals surface area contributed by atoms with E-state index in [1.54, 1.807) is 13.8 Å². The molecule has 1 saturated heterocycles. The Morgan fingerprint density at radius 1 is 1.00 bits per heavy atom. The highest BCUT2D eigenvalue weighted by molar-refractivity contribution is 5.98. The summed E-state index contributed by atoms with van der Waals surface area (Å²) in [5.74, 6) is -3.36. The van der Waals surface area contributed by atoms with E-state index in [4.69, 9.17) is 0 Å². The number of halogens is 4. The summed E-state index contributed by atoms with van der Waals surface area (Å²) in [6, 6.07) is 3.71. The van der Waals surface area contributed by atoms with E-state index in [0.717, 1.165) is 50.9 Å². The molecular weight excluding hydrogens is 488 g/mol. The average Bonchev–Trinajstić information content (AvgIpc) is 2.86. The van der Waals surface area contributed by atoms with Crippen molar-refractivity contribution in [3.8, 4) is 0 Å². The molecular formula is C28H38F4N2O3. The number of nitrogens with zero attached hydrogens (tertiary/aromatic N) is 1. The van der Waals surface area contributed by atoms with Crippen molar-refractivity contribution in [2.24, 2.45) is 17.3 Å². The van der Waals surface area contributed by atoms with Gasteiger partial charge in [0.05, 0.1) is 11.6 Å². The summed E-state index contributed by atoms with van der Waals surface area (Å²) in [5, 5.41) is 2.80. The molecule has 0 aromatic heterocycles. The van der Waals surface area contributed by atoms with Crippen molar-refractivity contribution in [1.82, 2.24) is 10.2 Å². The molecule has 1 aromatic rings. The lowest BCUT2D eigenvalue weighted by molar-refractivity contribution is -0.217. The number of rotatable bonds is 7. The maximum Gasteiger partial charge on any atom is 0.402 e. The maximum atomic E-state index is 15.7. The minimum Gasteiger partial charge on any atom is -0.342 e. The van der Waals surface area contributed by atoms with Crippen LogP contribution in [-0.4, -0.2) is 47.8 Å². The number of carbonyl (C=O) groups is 3. The second kappa shape index (κ2) is 11.5. The Morgan fingerprint density at radius 3 is 2.24 bits per heavy atom. The van der Waals surface area contributed by atoms with Crippen molar-refractivity contribution in [1.29, 1.82) is 0 Å². The van der Waals surface area contributed by atoms with Crippen molar-refractivity contribution in [3.05, 3.63) is 35.1 Å². The molecule has 0 spiro atoms. The molecule has 1 saturated carbocycles. The van der Waals surface area contributed by atoms with E-state index >= 15 is 4.39 Å². The number of carbonyl (C=O) groups excluding carboxylic acids is 3. The summed E-state index contributed by atoms with van der Waals surface area (Å²) >= 11 is 0. The number of benzene rings is 1. The van der Waals surface area contributed by atoms with Crippen LogP contribution in [0.3, 0.4) is 0 Å². The number of ketones is 1. The molecule has 2 aliphatic rings. The molecule has 2 amide bonds. The molecule has 5 nitrogen and oxygen atoms in total. The standard InChI is InChI=1S/C28H38F4N2O3/c1-17(2)24(35)23(18-10-6-5-7-11-18)33-25(36)21-14-8-13-20(22(21)29)19-12-9-15-34(16-19)26(37)27(3,4)28(30,31)32/h8,13-14,17-19,23H,5-7,9-12,15-16H2,1-4H3,(H,33,36). The van der Waals surface area contributed by atoms with Crippen LogP contribution in [0, 0.1) is 23.1 Å². The van der Waals surface area contributed by atoms with Crippen LogP contribution >= 0.6 is 0 Å². The number of nitrogens with one attached hydrogen (secondary N) is 1. The number of piperidine rings is 1. The van der Waals surface area contributed by atoms with Gasteiger partial charge in [0.1, 0.15) is 11.2 Å². The van der Waals surface area contributed by atoms with E-state index in [0.29, 0.717) is 12.8 Å². The zero-order chi connectivity index (χ0) is 27.5. The van der Waals surface area contributed by atoms with Crippen LogP contribution in [0.25, 0.3) is 0 Å². The molecule has 1 aromatic carbocycles. The summed E-state index contributed by atoms with van der Waals surface area (Å²) in [5.41, 5.74) is -2.56. The number of hydrogen-bond donors (Lipinski definition) is 1. The van der Waals surface area contributed by atoms with E-state index in [2.05, 4.69) is 5.32 Å². The van der Waals surface area contributed by atoms with E-state index in [1.165, 1.54) is 18.2 Å². The van der Waals surface area contributed by atoms with Crippen LogP contribution in [-0.2, 0) is 9.59 Å². The Bertz CT molecular complexity index is 1000. The van der Waals surface area contributed by atoms with Gasteiger partial charge in [-0.1, -0.05) is 45.2 Å². The number of alkyl halides is 3. The first-order valence-corrected chi connectivity index (χ1v) is 13.2. The van der Waals surface area contributed by atoms with Gasteiger partial charge in [0.15, 0.2) is 5.78 Å². The van der Waals surface area contributed by atoms with E-state index in [1.807, 2.05) is 0 Å². The molecule has 37 heavy (non-hydrogen) atoms. The average molecular weight is 527 g/mol. The summed E-state index contributed by atoms with van der Waals surface area (Å²) < 4.78 is 56.0. The normalized spacial score (nSPS) is 20.6. The molecule has 0 bridgehead atoms. The molecule has 2 unspecified atom stereocenters. The van der Waals surface area contributed by atoms with Crippen LogP contribution in [0.1, 0.15) is 94.5 Å². The van der Waals surface area contributed by atoms with Crippen LogP contribution in [0.15, 0.2) is 18.2 Å². The summed E-state index contributed by atoms with van der Waals surface area (Å²) in [7, 11) is 0. The summed E-state index contributed by atoms with van der Waals surface area (Å²) in [4.78, 5) is 40.0. The molecule has 2 atom stereocenters. The van der Waals surface area contributed by atoms with Crippen LogP contribution in [0.5, 0.6) is 0 Å². The molecule has 1 aliphatic carbocycles. The zero-order valence-electron chi connectivity index (χ0n) is 22.1. The molecule has 0 radical (unpaired) electrons. The molecule has 206 valence electrons. The first kappa shape index (κ1) is 29.1. The third-order valence-corrected chi connectivity index (χ3v) is 7.95. The molecule has 3 rings (SSSR count). The number of amides is 2. The van der Waals surface area contributed by atoms with Gasteiger partial charge in [-0.3, -0.25) is 14.4 Å². The third kappa shape index (κ3) is 6.34. The number of hydrogen-bond acceptors (Lipinski definition) is 3. The summed E-state index contributed by atoms with van der Waals surface area (Å²) in [6.45, 7) is 5.37. The number of Topliss-reactive ketones (excluding diaryl/α,β-unsaturated/α-hetero) is 1. The fraction of sp³-hybridized carbons (Fsp3) is 0.679. The van der Waals surface area contributed by atoms with Gasteiger partial charge < -0.3 is 10.2 Å². The zero-order valence-corrected chi connectivity index (χ0v) is 22.1. The maximum absolute atomic E-state index is 15.7. The van der Waals surface area contributed by atoms with E-state index in [-0.39, 0.29) is 41.8 Å². The number of likely N-dealkylation sites (tertiary alicyclic amines) is 1. The summed E-state index contributed by atoms with van der Waals surface area (Å²) in [6.07, 6.45) is 0.899. The molecule has 2 fully saturated rings. The highest BCUT2D eigenvalue weighted by Crippen LogP contribution is 2.41. The van der Waals surface area contributed by atoms with Gasteiger partial charge in [0.25, 0.3) is 5.91 Å². The van der Waals surface area contributed by atoms with E-state index in [9.17, 15) is 27.6 Å². The predicted octanol–water partition coefficient (Wildman–Crippen LogP) is 6.02. The van der Waals surface area contributed by atoms with Crippen molar-refractivity contribution in [2.45, 2.75) is 90.8 Å². The van der Waals surface area contributed by atoms with Crippen molar-refractivity contribution in [3.63, 3.8) is 0 Å². The van der Waals surface area contributed by atoms with Gasteiger partial charge >= 0.3 is 6.18 Å². The van der Waals surface area contributed by atoms with Crippen LogP contribution in [0.2, 0.25) is 0 Å². The van der Waals surface area contributed by atoms with Gasteiger partial charge in [-0.15, -0.1) is 0 Å². The second-order valence-corrected chi connectivity index (χ2v) is 11.3. The Kier molecular flexibility index (Phi) is 9.06. The fourth-order valence-corrected chi connectivity index (χ4v) is 5.44. The van der Waals surface area contributed by atoms with Crippen molar-refractivity contribution in [2.75, 3.05) is 13.1 Å². The smallest absolute Gasteiger partial charge is 0.342 e. The quantitative estimate of drug-likeness (QED) is 0.442. The van der Waals surface area contributed by atoms with Gasteiger partial charge in [0, 0.05) is 24.9 Å². The lowest BCUT2D eigenvalue weighted by Crippen LogP contribution is -2.51. The Hall–Kier alpha value is -2.45. The van der Waals surface area contributed by atoms with Gasteiger partial charge in [0.2, 0.25) is 5.91 Å². The Morgan fingerprint density at radius 2 is 1.65 bits per heavy atom. The molecule has 1 heterocycles. The Labute approximate surface area is 216 Å². The lowest BCUT2D eigenvalue weighted by Gasteiger charge is -2.38. The highest BCUT2D eigenvalue weighted by atomic mass is 19.4. The largest absolute Gasteiger partial charge is 0.402 e. The van der Waals surface area contributed by atoms with Crippen molar-refractivity contribution >= 4 is 17.6 Å². The fourth-order valence-electron chi connectivity index (χ4n) is 5.44. The third-order valence-electron chi connectivity index (χ3n) is 7.95. The first-order chi connectivity index (χ1) is 17.3. The second-order valence-electron chi connectivity index (χ2n) is 11.3. The topological polar surface area (TPSA) is 66.5 Å².